The zero-order valence-corrected chi connectivity index (χ0v) is 14.9. The van der Waals surface area contributed by atoms with Gasteiger partial charge in [0.2, 0.25) is 0 Å². The smallest absolute Gasteiger partial charge is 0.123 e. The minimum absolute atomic E-state index is 0.789. The number of nitrogens with one attached hydrogen (secondary N) is 1. The molecule has 0 saturated carbocycles. The fourth-order valence-electron chi connectivity index (χ4n) is 2.57. The number of para-hydroxylation sites is 1. The monoisotopic (exact) mass is 338 g/mol. The summed E-state index contributed by atoms with van der Waals surface area (Å²) >= 11 is 1.70. The van der Waals surface area contributed by atoms with Crippen LogP contribution >= 0.6 is 11.3 Å². The second-order valence-electron chi connectivity index (χ2n) is 5.75. The highest BCUT2D eigenvalue weighted by molar-refractivity contribution is 7.13. The maximum Gasteiger partial charge on any atom is 0.123 e. The second-order valence-corrected chi connectivity index (χ2v) is 6.61. The summed E-state index contributed by atoms with van der Waals surface area (Å²) in [6.07, 6.45) is 0.943. The first-order chi connectivity index (χ1) is 11.8. The first-order valence-electron chi connectivity index (χ1n) is 8.10. The zero-order chi connectivity index (χ0) is 16.8. The fraction of sp³-hybridized carbons (Fsp3) is 0.250. The molecule has 0 radical (unpaired) electrons. The van der Waals surface area contributed by atoms with Gasteiger partial charge in [0, 0.05) is 17.5 Å². The van der Waals surface area contributed by atoms with Crippen LogP contribution in [0, 0.1) is 6.92 Å². The van der Waals surface area contributed by atoms with Gasteiger partial charge in [-0.2, -0.15) is 0 Å². The van der Waals surface area contributed by atoms with Crippen molar-refractivity contribution in [2.45, 2.75) is 19.9 Å². The predicted molar refractivity (Wildman–Crippen MR) is 101 cm³/mol. The number of aromatic nitrogens is 1. The van der Waals surface area contributed by atoms with Crippen molar-refractivity contribution < 1.29 is 4.74 Å². The molecule has 0 atom stereocenters. The van der Waals surface area contributed by atoms with Crippen molar-refractivity contribution in [1.29, 1.82) is 0 Å². The highest BCUT2D eigenvalue weighted by atomic mass is 32.1. The lowest BCUT2D eigenvalue weighted by Gasteiger charge is -2.08. The first kappa shape index (κ1) is 16.7. The number of ether oxygens (including phenoxy) is 1. The largest absolute Gasteiger partial charge is 0.496 e. The summed E-state index contributed by atoms with van der Waals surface area (Å²) in [6, 6.07) is 16.7. The Morgan fingerprint density at radius 1 is 1.08 bits per heavy atom. The SMILES string of the molecule is COc1ccccc1CCNCc1csc(-c2ccc(C)cc2)n1. The van der Waals surface area contributed by atoms with Crippen LogP contribution in [0.3, 0.4) is 0 Å². The summed E-state index contributed by atoms with van der Waals surface area (Å²) in [7, 11) is 1.72. The zero-order valence-electron chi connectivity index (χ0n) is 14.1. The molecule has 1 aromatic heterocycles. The normalized spacial score (nSPS) is 10.8. The van der Waals surface area contributed by atoms with Crippen LogP contribution < -0.4 is 10.1 Å². The molecule has 0 aliphatic carbocycles. The van der Waals surface area contributed by atoms with Gasteiger partial charge in [-0.1, -0.05) is 48.0 Å². The Bertz CT molecular complexity index is 780. The van der Waals surface area contributed by atoms with Crippen molar-refractivity contribution in [3.63, 3.8) is 0 Å². The highest BCUT2D eigenvalue weighted by Gasteiger charge is 2.05. The fourth-order valence-corrected chi connectivity index (χ4v) is 3.39. The number of rotatable bonds is 7. The lowest BCUT2D eigenvalue weighted by Crippen LogP contribution is -2.17. The van der Waals surface area contributed by atoms with E-state index in [9.17, 15) is 0 Å². The van der Waals surface area contributed by atoms with E-state index in [1.165, 1.54) is 16.7 Å². The molecule has 0 spiro atoms. The van der Waals surface area contributed by atoms with Crippen molar-refractivity contribution in [2.75, 3.05) is 13.7 Å². The number of methoxy groups -OCH3 is 1. The van der Waals surface area contributed by atoms with E-state index in [2.05, 4.69) is 48.0 Å². The molecule has 0 aliphatic rings. The molecular formula is C20H22N2OS. The van der Waals surface area contributed by atoms with Gasteiger partial charge in [-0.3, -0.25) is 0 Å². The van der Waals surface area contributed by atoms with E-state index >= 15 is 0 Å². The van der Waals surface area contributed by atoms with Gasteiger partial charge < -0.3 is 10.1 Å². The molecule has 3 aromatic rings. The number of thiazole rings is 1. The summed E-state index contributed by atoms with van der Waals surface area (Å²) in [6.45, 7) is 3.79. The van der Waals surface area contributed by atoms with Crippen molar-refractivity contribution >= 4 is 11.3 Å². The Hall–Kier alpha value is -2.17. The molecule has 2 aromatic carbocycles. The van der Waals surface area contributed by atoms with E-state index in [1.54, 1.807) is 18.4 Å². The average molecular weight is 338 g/mol. The molecule has 0 aliphatic heterocycles. The van der Waals surface area contributed by atoms with E-state index in [4.69, 9.17) is 9.72 Å². The maximum absolute atomic E-state index is 5.38. The van der Waals surface area contributed by atoms with Crippen LogP contribution in [0.25, 0.3) is 10.6 Å². The summed E-state index contributed by atoms with van der Waals surface area (Å²) < 4.78 is 5.38. The van der Waals surface area contributed by atoms with Gasteiger partial charge in [-0.25, -0.2) is 4.98 Å². The predicted octanol–water partition coefficient (Wildman–Crippen LogP) is 4.46. The van der Waals surface area contributed by atoms with Gasteiger partial charge >= 0.3 is 0 Å². The van der Waals surface area contributed by atoms with Crippen molar-refractivity contribution in [2.24, 2.45) is 0 Å². The number of aryl methyl sites for hydroxylation is 1. The molecule has 0 saturated heterocycles. The molecule has 3 rings (SSSR count). The Kier molecular flexibility index (Phi) is 5.62. The molecule has 3 nitrogen and oxygen atoms in total. The molecular weight excluding hydrogens is 316 g/mol. The van der Waals surface area contributed by atoms with Gasteiger partial charge in [0.25, 0.3) is 0 Å². The Labute approximate surface area is 147 Å². The summed E-state index contributed by atoms with van der Waals surface area (Å²) in [5, 5.41) is 6.67. The minimum atomic E-state index is 0.789. The molecule has 0 unspecified atom stereocenters. The Morgan fingerprint density at radius 2 is 1.88 bits per heavy atom. The molecule has 0 fully saturated rings. The van der Waals surface area contributed by atoms with Crippen molar-refractivity contribution in [1.82, 2.24) is 10.3 Å². The molecule has 1 N–H and O–H groups in total. The van der Waals surface area contributed by atoms with E-state index in [0.717, 1.165) is 36.0 Å². The molecule has 0 bridgehead atoms. The van der Waals surface area contributed by atoms with Crippen LogP contribution in [-0.2, 0) is 13.0 Å². The van der Waals surface area contributed by atoms with Gasteiger partial charge in [-0.15, -0.1) is 11.3 Å². The van der Waals surface area contributed by atoms with E-state index < -0.39 is 0 Å². The molecule has 0 amide bonds. The molecule has 4 heteroatoms. The lowest BCUT2D eigenvalue weighted by molar-refractivity contribution is 0.409. The van der Waals surface area contributed by atoms with Crippen LogP contribution in [0.15, 0.2) is 53.9 Å². The molecule has 1 heterocycles. The lowest BCUT2D eigenvalue weighted by atomic mass is 10.1. The first-order valence-corrected chi connectivity index (χ1v) is 8.98. The van der Waals surface area contributed by atoms with Crippen molar-refractivity contribution in [3.05, 3.63) is 70.7 Å². The topological polar surface area (TPSA) is 34.1 Å². The summed E-state index contributed by atoms with van der Waals surface area (Å²) in [5.41, 5.74) is 4.78. The Morgan fingerprint density at radius 3 is 2.67 bits per heavy atom. The van der Waals surface area contributed by atoms with Crippen LogP contribution in [0.5, 0.6) is 5.75 Å². The average Bonchev–Trinajstić information content (AvgIpc) is 3.08. The van der Waals surface area contributed by atoms with E-state index in [-0.39, 0.29) is 0 Å². The van der Waals surface area contributed by atoms with Crippen LogP contribution in [0.1, 0.15) is 16.8 Å². The Balaban J connectivity index is 1.52. The van der Waals surface area contributed by atoms with Crippen LogP contribution in [0.4, 0.5) is 0 Å². The molecule has 124 valence electrons. The third-order valence-electron chi connectivity index (χ3n) is 3.92. The quantitative estimate of drug-likeness (QED) is 0.646. The van der Waals surface area contributed by atoms with Gasteiger partial charge in [0.15, 0.2) is 0 Å². The number of benzene rings is 2. The standard InChI is InChI=1S/C20H22N2OS/c1-15-7-9-17(10-8-15)20-22-18(14-24-20)13-21-12-11-16-5-3-4-6-19(16)23-2/h3-10,14,21H,11-13H2,1-2H3. The van der Waals surface area contributed by atoms with E-state index in [1.807, 2.05) is 18.2 Å². The third kappa shape index (κ3) is 4.22. The second kappa shape index (κ2) is 8.08. The van der Waals surface area contributed by atoms with Gasteiger partial charge in [0.1, 0.15) is 10.8 Å². The number of hydrogen-bond donors (Lipinski definition) is 1. The minimum Gasteiger partial charge on any atom is -0.496 e. The van der Waals surface area contributed by atoms with Gasteiger partial charge in [-0.05, 0) is 31.5 Å². The number of nitrogens with zero attached hydrogens (tertiary/aromatic N) is 1. The summed E-state index contributed by atoms with van der Waals surface area (Å²) in [4.78, 5) is 4.72. The molecule has 24 heavy (non-hydrogen) atoms. The van der Waals surface area contributed by atoms with E-state index in [0.29, 0.717) is 0 Å². The van der Waals surface area contributed by atoms with Gasteiger partial charge in [0.05, 0.1) is 12.8 Å². The highest BCUT2D eigenvalue weighted by Crippen LogP contribution is 2.24. The van der Waals surface area contributed by atoms with Crippen molar-refractivity contribution in [3.8, 4) is 16.3 Å². The number of hydrogen-bond acceptors (Lipinski definition) is 4. The summed E-state index contributed by atoms with van der Waals surface area (Å²) in [5.74, 6) is 0.953. The maximum atomic E-state index is 5.38. The van der Waals surface area contributed by atoms with Crippen LogP contribution in [-0.4, -0.2) is 18.6 Å². The van der Waals surface area contributed by atoms with Crippen LogP contribution in [0.2, 0.25) is 0 Å². The third-order valence-corrected chi connectivity index (χ3v) is 4.86.